The van der Waals surface area contributed by atoms with Gasteiger partial charge < -0.3 is 4.98 Å². The van der Waals surface area contributed by atoms with Gasteiger partial charge in [0.1, 0.15) is 5.82 Å². The van der Waals surface area contributed by atoms with E-state index < -0.39 is 0 Å². The number of halogens is 2. The van der Waals surface area contributed by atoms with Gasteiger partial charge in [0.2, 0.25) is 0 Å². The van der Waals surface area contributed by atoms with Crippen LogP contribution in [0.3, 0.4) is 0 Å². The molecule has 1 N–H and O–H groups in total. The summed E-state index contributed by atoms with van der Waals surface area (Å²) in [5, 5.41) is 0.767. The van der Waals surface area contributed by atoms with Gasteiger partial charge in [0.05, 0.1) is 27.5 Å². The van der Waals surface area contributed by atoms with E-state index in [0.717, 1.165) is 0 Å². The average Bonchev–Trinajstić information content (AvgIpc) is 2.66. The minimum Gasteiger partial charge on any atom is -0.336 e. The number of rotatable bonds is 2. The third-order valence-electron chi connectivity index (χ3n) is 1.81. The van der Waals surface area contributed by atoms with Crippen molar-refractivity contribution in [2.45, 2.75) is 0 Å². The molecule has 0 aromatic carbocycles. The lowest BCUT2D eigenvalue weighted by Crippen LogP contribution is -1.86. The first-order valence-corrected chi connectivity index (χ1v) is 4.77. The predicted molar refractivity (Wildman–Crippen MR) is 57.2 cm³/mol. The Morgan fingerprint density at radius 3 is 2.40 bits per heavy atom. The fourth-order valence-electron chi connectivity index (χ4n) is 1.16. The lowest BCUT2D eigenvalue weighted by molar-refractivity contribution is 0.111. The Bertz CT molecular complexity index is 490. The third kappa shape index (κ3) is 1.86. The fraction of sp³-hybridized carbons (Fsp3) is 0. The van der Waals surface area contributed by atoms with Crippen molar-refractivity contribution in [3.05, 3.63) is 34.3 Å². The van der Waals surface area contributed by atoms with Gasteiger partial charge in [-0.1, -0.05) is 23.2 Å². The van der Waals surface area contributed by atoms with Crippen LogP contribution in [-0.2, 0) is 0 Å². The largest absolute Gasteiger partial charge is 0.336 e. The van der Waals surface area contributed by atoms with E-state index >= 15 is 0 Å². The first kappa shape index (κ1) is 10.1. The van der Waals surface area contributed by atoms with Crippen LogP contribution >= 0.6 is 23.2 Å². The summed E-state index contributed by atoms with van der Waals surface area (Å²) in [5.74, 6) is 0.453. The number of aldehydes is 1. The molecule has 76 valence electrons. The first-order valence-electron chi connectivity index (χ1n) is 4.02. The summed E-state index contributed by atoms with van der Waals surface area (Å²) in [5.41, 5.74) is 0.912. The molecule has 2 aromatic rings. The Kier molecular flexibility index (Phi) is 2.70. The number of pyridine rings is 1. The lowest BCUT2D eigenvalue weighted by atomic mass is 10.2. The Hall–Kier alpha value is -1.39. The molecular weight excluding hydrogens is 237 g/mol. The van der Waals surface area contributed by atoms with E-state index in [9.17, 15) is 4.79 Å². The molecule has 6 heteroatoms. The van der Waals surface area contributed by atoms with Gasteiger partial charge in [-0.15, -0.1) is 0 Å². The molecule has 0 radical (unpaired) electrons. The van der Waals surface area contributed by atoms with Crippen LogP contribution in [0.4, 0.5) is 0 Å². The molecule has 2 heterocycles. The van der Waals surface area contributed by atoms with Crippen molar-refractivity contribution in [1.29, 1.82) is 0 Å². The predicted octanol–water partition coefficient (Wildman–Crippen LogP) is 2.59. The maximum atomic E-state index is 10.5. The van der Waals surface area contributed by atoms with Crippen LogP contribution in [0.25, 0.3) is 11.4 Å². The molecule has 2 rings (SSSR count). The Labute approximate surface area is 95.3 Å². The van der Waals surface area contributed by atoms with Crippen LogP contribution in [0.1, 0.15) is 10.5 Å². The maximum absolute atomic E-state index is 10.5. The van der Waals surface area contributed by atoms with Crippen LogP contribution in [0.2, 0.25) is 10.0 Å². The zero-order valence-electron chi connectivity index (χ0n) is 7.37. The van der Waals surface area contributed by atoms with Gasteiger partial charge in [0.15, 0.2) is 6.29 Å². The van der Waals surface area contributed by atoms with Crippen LogP contribution in [-0.4, -0.2) is 21.2 Å². The van der Waals surface area contributed by atoms with Crippen molar-refractivity contribution in [3.63, 3.8) is 0 Å². The zero-order valence-corrected chi connectivity index (χ0v) is 8.88. The fourth-order valence-corrected chi connectivity index (χ4v) is 1.70. The number of hydrogen-bond acceptors (Lipinski definition) is 3. The summed E-state index contributed by atoms with van der Waals surface area (Å²) < 4.78 is 0. The van der Waals surface area contributed by atoms with Crippen molar-refractivity contribution in [3.8, 4) is 11.4 Å². The van der Waals surface area contributed by atoms with Crippen LogP contribution in [0, 0.1) is 0 Å². The van der Waals surface area contributed by atoms with Gasteiger partial charge in [0, 0.05) is 12.4 Å². The Balaban J connectivity index is 2.58. The molecule has 0 unspecified atom stereocenters. The first-order chi connectivity index (χ1) is 7.22. The SMILES string of the molecule is O=Cc1cnc(-c2c(Cl)cncc2Cl)[nH]1. The molecule has 0 spiro atoms. The van der Waals surface area contributed by atoms with E-state index in [1.807, 2.05) is 0 Å². The average molecular weight is 242 g/mol. The second-order valence-electron chi connectivity index (χ2n) is 2.78. The molecule has 0 fully saturated rings. The number of aromatic nitrogens is 3. The van der Waals surface area contributed by atoms with Crippen LogP contribution in [0.5, 0.6) is 0 Å². The van der Waals surface area contributed by atoms with Gasteiger partial charge in [-0.05, 0) is 0 Å². The lowest BCUT2D eigenvalue weighted by Gasteiger charge is -2.01. The molecule has 15 heavy (non-hydrogen) atoms. The summed E-state index contributed by atoms with van der Waals surface area (Å²) in [7, 11) is 0. The van der Waals surface area contributed by atoms with Gasteiger partial charge in [-0.25, -0.2) is 4.98 Å². The number of hydrogen-bond donors (Lipinski definition) is 1. The zero-order chi connectivity index (χ0) is 10.8. The highest BCUT2D eigenvalue weighted by molar-refractivity contribution is 6.38. The summed E-state index contributed by atoms with van der Waals surface area (Å²) in [4.78, 5) is 21.1. The number of nitrogens with zero attached hydrogens (tertiary/aromatic N) is 2. The van der Waals surface area contributed by atoms with Crippen LogP contribution in [0.15, 0.2) is 18.6 Å². The highest BCUT2D eigenvalue weighted by Gasteiger charge is 2.11. The van der Waals surface area contributed by atoms with E-state index in [1.165, 1.54) is 18.6 Å². The number of carbonyl (C=O) groups is 1. The maximum Gasteiger partial charge on any atom is 0.167 e. The molecule has 0 aliphatic carbocycles. The molecule has 0 amide bonds. The molecule has 0 saturated carbocycles. The number of H-pyrrole nitrogens is 1. The van der Waals surface area contributed by atoms with E-state index in [4.69, 9.17) is 23.2 Å². The van der Waals surface area contributed by atoms with Crippen molar-refractivity contribution >= 4 is 29.5 Å². The van der Waals surface area contributed by atoms with E-state index in [0.29, 0.717) is 33.4 Å². The highest BCUT2D eigenvalue weighted by Crippen LogP contribution is 2.31. The highest BCUT2D eigenvalue weighted by atomic mass is 35.5. The van der Waals surface area contributed by atoms with Crippen molar-refractivity contribution in [1.82, 2.24) is 15.0 Å². The van der Waals surface area contributed by atoms with Gasteiger partial charge in [-0.2, -0.15) is 0 Å². The standard InChI is InChI=1S/C9H5Cl2N3O/c10-6-2-12-3-7(11)8(6)9-13-1-5(4-15)14-9/h1-4H,(H,13,14). The van der Waals surface area contributed by atoms with Crippen molar-refractivity contribution < 1.29 is 4.79 Å². The minimum absolute atomic E-state index is 0.369. The molecule has 0 aliphatic heterocycles. The molecule has 4 nitrogen and oxygen atoms in total. The van der Waals surface area contributed by atoms with E-state index in [-0.39, 0.29) is 0 Å². The Morgan fingerprint density at radius 1 is 1.20 bits per heavy atom. The van der Waals surface area contributed by atoms with Crippen LogP contribution < -0.4 is 0 Å². The second-order valence-corrected chi connectivity index (χ2v) is 3.60. The molecule has 0 aliphatic rings. The molecule has 0 atom stereocenters. The smallest absolute Gasteiger partial charge is 0.167 e. The summed E-state index contributed by atoms with van der Waals surface area (Å²) in [6.07, 6.45) is 5.01. The number of imidazole rings is 1. The minimum atomic E-state index is 0.369. The third-order valence-corrected chi connectivity index (χ3v) is 2.39. The summed E-state index contributed by atoms with van der Waals surface area (Å²) in [6, 6.07) is 0. The van der Waals surface area contributed by atoms with Crippen molar-refractivity contribution in [2.75, 3.05) is 0 Å². The van der Waals surface area contributed by atoms with E-state index in [2.05, 4.69) is 15.0 Å². The van der Waals surface area contributed by atoms with Gasteiger partial charge in [0.25, 0.3) is 0 Å². The molecular formula is C9H5Cl2N3O. The number of nitrogens with one attached hydrogen (secondary N) is 1. The van der Waals surface area contributed by atoms with E-state index in [1.54, 1.807) is 0 Å². The topological polar surface area (TPSA) is 58.6 Å². The molecule has 0 saturated heterocycles. The van der Waals surface area contributed by atoms with Gasteiger partial charge in [-0.3, -0.25) is 9.78 Å². The quantitative estimate of drug-likeness (QED) is 0.823. The molecule has 2 aromatic heterocycles. The molecule has 0 bridgehead atoms. The summed E-state index contributed by atoms with van der Waals surface area (Å²) in [6.45, 7) is 0. The Morgan fingerprint density at radius 2 is 1.87 bits per heavy atom. The van der Waals surface area contributed by atoms with Crippen molar-refractivity contribution in [2.24, 2.45) is 0 Å². The second kappa shape index (κ2) is 4.00. The monoisotopic (exact) mass is 241 g/mol. The summed E-state index contributed by atoms with van der Waals surface area (Å²) >= 11 is 11.8. The van der Waals surface area contributed by atoms with Gasteiger partial charge >= 0.3 is 0 Å². The number of carbonyl (C=O) groups excluding carboxylic acids is 1. The number of aromatic amines is 1. The normalized spacial score (nSPS) is 10.3.